The zero-order chi connectivity index (χ0) is 17.5. The van der Waals surface area contributed by atoms with Gasteiger partial charge < -0.3 is 21.1 Å². The zero-order valence-electron chi connectivity index (χ0n) is 12.5. The number of ether oxygens (including phenoxy) is 1. The molecule has 0 aliphatic heterocycles. The summed E-state index contributed by atoms with van der Waals surface area (Å²) in [5.41, 5.74) is 6.30. The van der Waals surface area contributed by atoms with Gasteiger partial charge in [-0.3, -0.25) is 4.79 Å². The van der Waals surface area contributed by atoms with Crippen LogP contribution in [0.2, 0.25) is 0 Å². The summed E-state index contributed by atoms with van der Waals surface area (Å²) in [6, 6.07) is 11.7. The number of benzene rings is 2. The molecule has 0 saturated carbocycles. The van der Waals surface area contributed by atoms with Gasteiger partial charge in [-0.05, 0) is 29.8 Å². The van der Waals surface area contributed by atoms with E-state index in [1.807, 2.05) is 0 Å². The summed E-state index contributed by atoms with van der Waals surface area (Å²) in [5, 5.41) is 5.03. The number of alkyl halides is 2. The number of hydrogen-bond acceptors (Lipinski definition) is 3. The highest BCUT2D eigenvalue weighted by atomic mass is 19.3. The molecule has 6 nitrogen and oxygen atoms in total. The molecule has 0 spiro atoms. The molecule has 8 heteroatoms. The van der Waals surface area contributed by atoms with Crippen molar-refractivity contribution < 1.29 is 23.1 Å². The van der Waals surface area contributed by atoms with E-state index < -0.39 is 18.5 Å². The maximum Gasteiger partial charge on any atom is 0.387 e. The highest BCUT2D eigenvalue weighted by molar-refractivity contribution is 5.96. The molecule has 2 aromatic carbocycles. The van der Waals surface area contributed by atoms with Crippen LogP contribution in [0, 0.1) is 0 Å². The Hall–Kier alpha value is -3.16. The van der Waals surface area contributed by atoms with Crippen molar-refractivity contribution in [2.75, 3.05) is 5.32 Å². The molecule has 0 heterocycles. The van der Waals surface area contributed by atoms with Gasteiger partial charge in [0.2, 0.25) is 0 Å². The average Bonchev–Trinajstić information content (AvgIpc) is 2.53. The molecule has 2 rings (SSSR count). The van der Waals surface area contributed by atoms with Gasteiger partial charge in [0.25, 0.3) is 5.91 Å². The summed E-state index contributed by atoms with van der Waals surface area (Å²) in [7, 11) is 0. The predicted octanol–water partition coefficient (Wildman–Crippen LogP) is 2.71. The number of rotatable bonds is 6. The van der Waals surface area contributed by atoms with Crippen molar-refractivity contribution >= 4 is 17.6 Å². The molecule has 0 unspecified atom stereocenters. The summed E-state index contributed by atoms with van der Waals surface area (Å²) >= 11 is 0. The van der Waals surface area contributed by atoms with Crippen molar-refractivity contribution in [2.45, 2.75) is 13.2 Å². The molecule has 0 fully saturated rings. The fourth-order valence-electron chi connectivity index (χ4n) is 1.98. The second kappa shape index (κ2) is 7.91. The maximum atomic E-state index is 12.4. The van der Waals surface area contributed by atoms with E-state index in [2.05, 4.69) is 15.4 Å². The number of para-hydroxylation sites is 1. The van der Waals surface area contributed by atoms with Crippen LogP contribution in [0.15, 0.2) is 48.5 Å². The van der Waals surface area contributed by atoms with E-state index in [1.165, 1.54) is 18.2 Å². The largest absolute Gasteiger partial charge is 0.434 e. The number of carbonyl (C=O) groups is 2. The standard InChI is InChI=1S/C16H15F2N3O3/c17-15(18)24-13-4-2-1-3-12(13)14(22)20-9-10-5-7-11(8-6-10)21-16(19)23/h1-8,15H,9H2,(H,20,22)(H3,19,21,23). The lowest BCUT2D eigenvalue weighted by Gasteiger charge is -2.11. The zero-order valence-corrected chi connectivity index (χ0v) is 12.5. The van der Waals surface area contributed by atoms with Crippen molar-refractivity contribution in [1.29, 1.82) is 0 Å². The number of amides is 3. The van der Waals surface area contributed by atoms with E-state index in [4.69, 9.17) is 5.73 Å². The fraction of sp³-hybridized carbons (Fsp3) is 0.125. The molecule has 0 aliphatic rings. The number of hydrogen-bond donors (Lipinski definition) is 3. The minimum Gasteiger partial charge on any atom is -0.434 e. The van der Waals surface area contributed by atoms with E-state index in [0.29, 0.717) is 5.69 Å². The summed E-state index contributed by atoms with van der Waals surface area (Å²) < 4.78 is 29.0. The lowest BCUT2D eigenvalue weighted by molar-refractivity contribution is -0.0501. The molecule has 0 aromatic heterocycles. The molecule has 0 aliphatic carbocycles. The van der Waals surface area contributed by atoms with Crippen LogP contribution in [0.25, 0.3) is 0 Å². The van der Waals surface area contributed by atoms with Gasteiger partial charge in [-0.15, -0.1) is 0 Å². The monoisotopic (exact) mass is 335 g/mol. The van der Waals surface area contributed by atoms with Crippen LogP contribution in [0.3, 0.4) is 0 Å². The van der Waals surface area contributed by atoms with E-state index in [0.717, 1.165) is 5.56 Å². The normalized spacial score (nSPS) is 10.3. The van der Waals surface area contributed by atoms with Gasteiger partial charge in [0.05, 0.1) is 5.56 Å². The molecular formula is C16H15F2N3O3. The first-order chi connectivity index (χ1) is 11.5. The first kappa shape index (κ1) is 17.2. The highest BCUT2D eigenvalue weighted by Gasteiger charge is 2.14. The van der Waals surface area contributed by atoms with Crippen LogP contribution in [-0.2, 0) is 6.54 Å². The molecular weight excluding hydrogens is 320 g/mol. The van der Waals surface area contributed by atoms with Crippen LogP contribution in [0.4, 0.5) is 19.3 Å². The van der Waals surface area contributed by atoms with Crippen molar-refractivity contribution in [3.8, 4) is 5.75 Å². The van der Waals surface area contributed by atoms with Crippen molar-refractivity contribution in [2.24, 2.45) is 5.73 Å². The van der Waals surface area contributed by atoms with Crippen LogP contribution in [-0.4, -0.2) is 18.5 Å². The van der Waals surface area contributed by atoms with E-state index in [-0.39, 0.29) is 17.9 Å². The van der Waals surface area contributed by atoms with Crippen LogP contribution >= 0.6 is 0 Å². The van der Waals surface area contributed by atoms with E-state index in [1.54, 1.807) is 30.3 Å². The van der Waals surface area contributed by atoms with Crippen molar-refractivity contribution in [3.63, 3.8) is 0 Å². The topological polar surface area (TPSA) is 93.5 Å². The summed E-state index contributed by atoms with van der Waals surface area (Å²) in [6.45, 7) is -2.83. The Morgan fingerprint density at radius 2 is 1.75 bits per heavy atom. The minimum atomic E-state index is -3.01. The summed E-state index contributed by atoms with van der Waals surface area (Å²) in [4.78, 5) is 22.8. The third-order valence-corrected chi connectivity index (χ3v) is 3.02. The number of primary amides is 1. The van der Waals surface area contributed by atoms with Crippen LogP contribution in [0.1, 0.15) is 15.9 Å². The Labute approximate surface area is 136 Å². The van der Waals surface area contributed by atoms with Crippen molar-refractivity contribution in [3.05, 3.63) is 59.7 Å². The number of halogens is 2. The van der Waals surface area contributed by atoms with Crippen LogP contribution in [0.5, 0.6) is 5.75 Å². The average molecular weight is 335 g/mol. The SMILES string of the molecule is NC(=O)Nc1ccc(CNC(=O)c2ccccc2OC(F)F)cc1. The van der Waals surface area contributed by atoms with Gasteiger partial charge in [-0.1, -0.05) is 24.3 Å². The van der Waals surface area contributed by atoms with Gasteiger partial charge in [0, 0.05) is 12.2 Å². The molecule has 3 amide bonds. The first-order valence-corrected chi connectivity index (χ1v) is 6.93. The molecule has 2 aromatic rings. The Balaban J connectivity index is 1.99. The minimum absolute atomic E-state index is 0.0183. The number of carbonyl (C=O) groups excluding carboxylic acids is 2. The predicted molar refractivity (Wildman–Crippen MR) is 83.9 cm³/mol. The van der Waals surface area contributed by atoms with E-state index >= 15 is 0 Å². The summed E-state index contributed by atoms with van der Waals surface area (Å²) in [5.74, 6) is -0.725. The first-order valence-electron chi connectivity index (χ1n) is 6.93. The number of urea groups is 1. The Bertz CT molecular complexity index is 721. The van der Waals surface area contributed by atoms with Gasteiger partial charge >= 0.3 is 12.6 Å². The number of anilines is 1. The highest BCUT2D eigenvalue weighted by Crippen LogP contribution is 2.20. The third-order valence-electron chi connectivity index (χ3n) is 3.02. The molecule has 126 valence electrons. The van der Waals surface area contributed by atoms with Crippen molar-refractivity contribution in [1.82, 2.24) is 5.32 Å². The summed E-state index contributed by atoms with van der Waals surface area (Å²) in [6.07, 6.45) is 0. The van der Waals surface area contributed by atoms with Gasteiger partial charge in [-0.2, -0.15) is 8.78 Å². The lowest BCUT2D eigenvalue weighted by Crippen LogP contribution is -2.24. The molecule has 4 N–H and O–H groups in total. The lowest BCUT2D eigenvalue weighted by atomic mass is 10.1. The Morgan fingerprint density at radius 3 is 2.38 bits per heavy atom. The van der Waals surface area contributed by atoms with E-state index in [9.17, 15) is 18.4 Å². The molecule has 0 radical (unpaired) electrons. The van der Waals surface area contributed by atoms with Gasteiger partial charge in [0.1, 0.15) is 5.75 Å². The fourth-order valence-corrected chi connectivity index (χ4v) is 1.98. The molecule has 24 heavy (non-hydrogen) atoms. The maximum absolute atomic E-state index is 12.4. The van der Waals surface area contributed by atoms with Gasteiger partial charge in [0.15, 0.2) is 0 Å². The van der Waals surface area contributed by atoms with Crippen LogP contribution < -0.4 is 21.1 Å². The quantitative estimate of drug-likeness (QED) is 0.758. The second-order valence-electron chi connectivity index (χ2n) is 4.74. The smallest absolute Gasteiger partial charge is 0.387 e. The number of nitrogens with one attached hydrogen (secondary N) is 2. The molecule has 0 atom stereocenters. The number of nitrogens with two attached hydrogens (primary N) is 1. The van der Waals surface area contributed by atoms with Gasteiger partial charge in [-0.25, -0.2) is 4.79 Å². The molecule has 0 saturated heterocycles. The third kappa shape index (κ3) is 4.94. The Morgan fingerprint density at radius 1 is 1.08 bits per heavy atom. The second-order valence-corrected chi connectivity index (χ2v) is 4.74. The Kier molecular flexibility index (Phi) is 5.67. The molecule has 0 bridgehead atoms.